The van der Waals surface area contributed by atoms with Crippen molar-refractivity contribution in [2.45, 2.75) is 12.8 Å². The number of carbonyl (C=O) groups is 1. The van der Waals surface area contributed by atoms with Crippen LogP contribution in [0.3, 0.4) is 0 Å². The molecule has 0 spiro atoms. The molecule has 1 heterocycles. The minimum absolute atomic E-state index is 0.0650. The summed E-state index contributed by atoms with van der Waals surface area (Å²) in [6.45, 7) is 0.0650. The number of aromatic nitrogens is 1. The summed E-state index contributed by atoms with van der Waals surface area (Å²) in [5, 5.41) is 11.5. The molecule has 1 aromatic heterocycles. The molecule has 0 fully saturated rings. The van der Waals surface area contributed by atoms with Gasteiger partial charge in [-0.05, 0) is 35.9 Å². The van der Waals surface area contributed by atoms with Crippen molar-refractivity contribution in [1.82, 2.24) is 4.98 Å². The summed E-state index contributed by atoms with van der Waals surface area (Å²) in [4.78, 5) is 15.9. The van der Waals surface area contributed by atoms with Crippen molar-refractivity contribution < 1.29 is 9.90 Å². The molecule has 0 aliphatic rings. The number of anilines is 1. The van der Waals surface area contributed by atoms with E-state index in [9.17, 15) is 4.79 Å². The van der Waals surface area contributed by atoms with Crippen LogP contribution in [-0.2, 0) is 11.2 Å². The zero-order valence-electron chi connectivity index (χ0n) is 11.5. The lowest BCUT2D eigenvalue weighted by atomic mass is 10.2. The molecule has 0 saturated carbocycles. The SMILES string of the molecule is O=C(Cc1cccnc1)Nc1ccc(C#CCCO)cc1. The molecule has 0 aliphatic heterocycles. The molecule has 0 bridgehead atoms. The number of pyridine rings is 1. The zero-order chi connectivity index (χ0) is 14.9. The summed E-state index contributed by atoms with van der Waals surface area (Å²) in [7, 11) is 0. The normalized spacial score (nSPS) is 9.57. The molecule has 0 radical (unpaired) electrons. The van der Waals surface area contributed by atoms with E-state index in [1.54, 1.807) is 12.4 Å². The van der Waals surface area contributed by atoms with Gasteiger partial charge in [-0.3, -0.25) is 9.78 Å². The second-order valence-electron chi connectivity index (χ2n) is 4.44. The number of benzene rings is 1. The summed E-state index contributed by atoms with van der Waals surface area (Å²) < 4.78 is 0. The van der Waals surface area contributed by atoms with Crippen molar-refractivity contribution in [3.8, 4) is 11.8 Å². The van der Waals surface area contributed by atoms with Crippen LogP contribution in [0.5, 0.6) is 0 Å². The molecule has 2 N–H and O–H groups in total. The fraction of sp³-hybridized carbons (Fsp3) is 0.176. The fourth-order valence-electron chi connectivity index (χ4n) is 1.75. The molecule has 0 aliphatic carbocycles. The van der Waals surface area contributed by atoms with Gasteiger partial charge in [-0.25, -0.2) is 0 Å². The number of carbonyl (C=O) groups excluding carboxylic acids is 1. The van der Waals surface area contributed by atoms with Gasteiger partial charge in [0.1, 0.15) is 0 Å². The Morgan fingerprint density at radius 3 is 2.71 bits per heavy atom. The molecule has 106 valence electrons. The Balaban J connectivity index is 1.91. The summed E-state index contributed by atoms with van der Waals surface area (Å²) >= 11 is 0. The van der Waals surface area contributed by atoms with Gasteiger partial charge in [0.15, 0.2) is 0 Å². The van der Waals surface area contributed by atoms with Gasteiger partial charge in [0.2, 0.25) is 5.91 Å². The van der Waals surface area contributed by atoms with Crippen molar-refractivity contribution in [1.29, 1.82) is 0 Å². The summed E-state index contributed by atoms with van der Waals surface area (Å²) in [6, 6.07) is 11.0. The van der Waals surface area contributed by atoms with E-state index < -0.39 is 0 Å². The molecule has 2 rings (SSSR count). The van der Waals surface area contributed by atoms with E-state index in [0.717, 1.165) is 16.8 Å². The number of aliphatic hydroxyl groups is 1. The fourth-order valence-corrected chi connectivity index (χ4v) is 1.75. The molecular weight excluding hydrogens is 264 g/mol. The predicted molar refractivity (Wildman–Crippen MR) is 81.6 cm³/mol. The van der Waals surface area contributed by atoms with Gasteiger partial charge in [0.05, 0.1) is 13.0 Å². The lowest BCUT2D eigenvalue weighted by Gasteiger charge is -2.05. The van der Waals surface area contributed by atoms with Gasteiger partial charge in [0, 0.05) is 30.1 Å². The van der Waals surface area contributed by atoms with E-state index in [0.29, 0.717) is 12.8 Å². The number of hydrogen-bond acceptors (Lipinski definition) is 3. The lowest BCUT2D eigenvalue weighted by Crippen LogP contribution is -2.14. The number of aliphatic hydroxyl groups excluding tert-OH is 1. The van der Waals surface area contributed by atoms with Gasteiger partial charge in [-0.1, -0.05) is 17.9 Å². The Hall–Kier alpha value is -2.64. The molecule has 0 saturated heterocycles. The van der Waals surface area contributed by atoms with Crippen molar-refractivity contribution in [2.24, 2.45) is 0 Å². The standard InChI is InChI=1S/C17H16N2O2/c20-11-2-1-4-14-6-8-16(9-7-14)19-17(21)12-15-5-3-10-18-13-15/h3,5-10,13,20H,2,11-12H2,(H,19,21). The second-order valence-corrected chi connectivity index (χ2v) is 4.44. The van der Waals surface area contributed by atoms with Crippen LogP contribution in [0.1, 0.15) is 17.5 Å². The monoisotopic (exact) mass is 280 g/mol. The Morgan fingerprint density at radius 2 is 2.05 bits per heavy atom. The van der Waals surface area contributed by atoms with Crippen molar-refractivity contribution >= 4 is 11.6 Å². The molecule has 4 nitrogen and oxygen atoms in total. The van der Waals surface area contributed by atoms with Gasteiger partial charge in [0.25, 0.3) is 0 Å². The zero-order valence-corrected chi connectivity index (χ0v) is 11.5. The maximum absolute atomic E-state index is 11.9. The number of rotatable bonds is 4. The van der Waals surface area contributed by atoms with E-state index >= 15 is 0 Å². The average molecular weight is 280 g/mol. The third kappa shape index (κ3) is 5.09. The second kappa shape index (κ2) is 7.83. The highest BCUT2D eigenvalue weighted by molar-refractivity contribution is 5.92. The van der Waals surface area contributed by atoms with Gasteiger partial charge < -0.3 is 10.4 Å². The van der Waals surface area contributed by atoms with E-state index in [1.807, 2.05) is 36.4 Å². The summed E-state index contributed by atoms with van der Waals surface area (Å²) in [5.41, 5.74) is 2.46. The van der Waals surface area contributed by atoms with Crippen LogP contribution in [0, 0.1) is 11.8 Å². The van der Waals surface area contributed by atoms with Crippen molar-refractivity contribution in [3.63, 3.8) is 0 Å². The smallest absolute Gasteiger partial charge is 0.228 e. The maximum atomic E-state index is 11.9. The van der Waals surface area contributed by atoms with Crippen LogP contribution in [0.15, 0.2) is 48.8 Å². The van der Waals surface area contributed by atoms with Crippen LogP contribution in [0.25, 0.3) is 0 Å². The van der Waals surface area contributed by atoms with E-state index in [-0.39, 0.29) is 12.5 Å². The van der Waals surface area contributed by atoms with Gasteiger partial charge >= 0.3 is 0 Å². The highest BCUT2D eigenvalue weighted by Crippen LogP contribution is 2.09. The molecule has 1 amide bonds. The highest BCUT2D eigenvalue weighted by atomic mass is 16.2. The van der Waals surface area contributed by atoms with E-state index in [2.05, 4.69) is 22.1 Å². The van der Waals surface area contributed by atoms with Crippen molar-refractivity contribution in [3.05, 3.63) is 59.9 Å². The number of amides is 1. The third-order valence-electron chi connectivity index (χ3n) is 2.73. The molecule has 2 aromatic rings. The summed E-state index contributed by atoms with van der Waals surface area (Å²) in [6.07, 6.45) is 4.12. The van der Waals surface area contributed by atoms with Gasteiger partial charge in [-0.2, -0.15) is 0 Å². The molecule has 1 aromatic carbocycles. The first-order valence-corrected chi connectivity index (χ1v) is 6.66. The molecule has 0 atom stereocenters. The quantitative estimate of drug-likeness (QED) is 0.842. The number of hydrogen-bond donors (Lipinski definition) is 2. The third-order valence-corrected chi connectivity index (χ3v) is 2.73. The van der Waals surface area contributed by atoms with E-state index in [1.165, 1.54) is 0 Å². The minimum Gasteiger partial charge on any atom is -0.395 e. The van der Waals surface area contributed by atoms with Crippen LogP contribution in [0.2, 0.25) is 0 Å². The largest absolute Gasteiger partial charge is 0.395 e. The first-order chi connectivity index (χ1) is 10.3. The van der Waals surface area contributed by atoms with Crippen molar-refractivity contribution in [2.75, 3.05) is 11.9 Å². The predicted octanol–water partition coefficient (Wildman–Crippen LogP) is 2.00. The molecule has 21 heavy (non-hydrogen) atoms. The maximum Gasteiger partial charge on any atom is 0.228 e. The highest BCUT2D eigenvalue weighted by Gasteiger charge is 2.03. The topological polar surface area (TPSA) is 62.2 Å². The lowest BCUT2D eigenvalue weighted by molar-refractivity contribution is -0.115. The molecule has 0 unspecified atom stereocenters. The van der Waals surface area contributed by atoms with Gasteiger partial charge in [-0.15, -0.1) is 0 Å². The van der Waals surface area contributed by atoms with E-state index in [4.69, 9.17) is 5.11 Å². The van der Waals surface area contributed by atoms with Crippen LogP contribution in [-0.4, -0.2) is 22.6 Å². The minimum atomic E-state index is -0.0814. The Bertz CT molecular complexity index is 640. The first-order valence-electron chi connectivity index (χ1n) is 6.66. The van der Waals surface area contributed by atoms with Crippen LogP contribution in [0.4, 0.5) is 5.69 Å². The molecular formula is C17H16N2O2. The average Bonchev–Trinajstić information content (AvgIpc) is 2.50. The van der Waals surface area contributed by atoms with Crippen LogP contribution >= 0.6 is 0 Å². The summed E-state index contributed by atoms with van der Waals surface area (Å²) in [5.74, 6) is 5.70. The Morgan fingerprint density at radius 1 is 1.24 bits per heavy atom. The van der Waals surface area contributed by atoms with Crippen LogP contribution < -0.4 is 5.32 Å². The molecule has 4 heteroatoms. The first kappa shape index (κ1) is 14.8. The number of nitrogens with zero attached hydrogens (tertiary/aromatic N) is 1. The number of nitrogens with one attached hydrogen (secondary N) is 1. The Labute approximate surface area is 123 Å². The Kier molecular flexibility index (Phi) is 5.50.